The molecule has 2 aromatic carbocycles. The summed E-state index contributed by atoms with van der Waals surface area (Å²) in [5.74, 6) is 1.98. The van der Waals surface area contributed by atoms with Gasteiger partial charge >= 0.3 is 0 Å². The van der Waals surface area contributed by atoms with Gasteiger partial charge < -0.3 is 10.2 Å². The first-order valence-electron chi connectivity index (χ1n) is 8.80. The Kier molecular flexibility index (Phi) is 3.38. The van der Waals surface area contributed by atoms with Gasteiger partial charge in [-0.15, -0.1) is 4.98 Å². The molecule has 3 aromatic rings. The van der Waals surface area contributed by atoms with Crippen LogP contribution in [0.1, 0.15) is 5.56 Å². The number of fused-ring (bicyclic) bond motifs is 2. The minimum atomic E-state index is 0.0417. The predicted octanol–water partition coefficient (Wildman–Crippen LogP) is 2.99. The largest absolute Gasteiger partial charge is 0.347 e. The van der Waals surface area contributed by atoms with E-state index in [2.05, 4.69) is 86.7 Å². The number of nitrogens with zero attached hydrogens (tertiary/aromatic N) is 3. The molecule has 5 rings (SSSR count). The summed E-state index contributed by atoms with van der Waals surface area (Å²) in [5, 5.41) is 7.41. The lowest BCUT2D eigenvalue weighted by Crippen LogP contribution is -2.55. The van der Waals surface area contributed by atoms with Crippen LogP contribution < -0.4 is 15.5 Å². The summed E-state index contributed by atoms with van der Waals surface area (Å²) in [6.45, 7) is 0. The normalized spacial score (nSPS) is 20.9. The van der Waals surface area contributed by atoms with Crippen molar-refractivity contribution in [3.05, 3.63) is 84.6 Å². The summed E-state index contributed by atoms with van der Waals surface area (Å²) in [7, 11) is 2.13. The van der Waals surface area contributed by atoms with Crippen molar-refractivity contribution in [3.63, 3.8) is 0 Å². The molecule has 2 aliphatic rings. The first-order valence-corrected chi connectivity index (χ1v) is 8.80. The number of amidine groups is 1. The minimum Gasteiger partial charge on any atom is -0.347 e. The standard InChI is InChI=1S/C21H19N5/c1-25-17-12-6-5-11-16(17)23-21-20(25)24-19(15-9-3-2-4-10-15)26(21)18-13-7-8-14-22-18/h2-14,20-21,23H,1H3/p+1/t20-,21-/m0/s1. The van der Waals surface area contributed by atoms with Crippen LogP contribution in [0.4, 0.5) is 17.2 Å². The van der Waals surface area contributed by atoms with E-state index in [9.17, 15) is 0 Å². The highest BCUT2D eigenvalue weighted by Crippen LogP contribution is 2.35. The topological polar surface area (TPSA) is 43.2 Å². The van der Waals surface area contributed by atoms with Crippen molar-refractivity contribution in [1.29, 1.82) is 0 Å². The number of nitrogens with one attached hydrogen (secondary N) is 2. The van der Waals surface area contributed by atoms with Crippen molar-refractivity contribution < 1.29 is 4.58 Å². The summed E-state index contributed by atoms with van der Waals surface area (Å²) in [6, 6.07) is 24.9. The number of para-hydroxylation sites is 2. The van der Waals surface area contributed by atoms with Crippen LogP contribution in [0.25, 0.3) is 0 Å². The average molecular weight is 342 g/mol. The maximum atomic E-state index is 4.62. The zero-order valence-electron chi connectivity index (χ0n) is 14.5. The molecule has 5 nitrogen and oxygen atoms in total. The molecule has 0 spiro atoms. The molecule has 0 unspecified atom stereocenters. The molecule has 0 radical (unpaired) electrons. The number of aromatic nitrogens is 1. The predicted molar refractivity (Wildman–Crippen MR) is 104 cm³/mol. The van der Waals surface area contributed by atoms with Crippen molar-refractivity contribution in [1.82, 2.24) is 10.3 Å². The van der Waals surface area contributed by atoms with Crippen molar-refractivity contribution in [2.45, 2.75) is 12.3 Å². The second-order valence-corrected chi connectivity index (χ2v) is 6.58. The molecular weight excluding hydrogens is 322 g/mol. The van der Waals surface area contributed by atoms with Gasteiger partial charge in [0.25, 0.3) is 5.82 Å². The van der Waals surface area contributed by atoms with Crippen LogP contribution in [0.3, 0.4) is 0 Å². The minimum absolute atomic E-state index is 0.0417. The zero-order valence-corrected chi connectivity index (χ0v) is 14.5. The molecule has 1 aromatic heterocycles. The molecule has 2 aliphatic heterocycles. The highest BCUT2D eigenvalue weighted by Gasteiger charge is 2.46. The van der Waals surface area contributed by atoms with E-state index in [0.29, 0.717) is 0 Å². The molecule has 0 amide bonds. The fraction of sp³-hybridized carbons (Fsp3) is 0.143. The number of pyridine rings is 1. The Balaban J connectivity index is 1.68. The molecule has 26 heavy (non-hydrogen) atoms. The fourth-order valence-corrected chi connectivity index (χ4v) is 3.81. The molecule has 128 valence electrons. The molecule has 3 heterocycles. The maximum Gasteiger partial charge on any atom is 0.264 e. The zero-order chi connectivity index (χ0) is 17.5. The molecule has 0 bridgehead atoms. The summed E-state index contributed by atoms with van der Waals surface area (Å²) in [6.07, 6.45) is 1.98. The summed E-state index contributed by atoms with van der Waals surface area (Å²) in [4.78, 5) is 6.91. The van der Waals surface area contributed by atoms with Crippen molar-refractivity contribution in [3.8, 4) is 0 Å². The van der Waals surface area contributed by atoms with E-state index >= 15 is 0 Å². The third-order valence-electron chi connectivity index (χ3n) is 5.05. The van der Waals surface area contributed by atoms with E-state index in [0.717, 1.165) is 22.9 Å². The number of rotatable bonds is 2. The van der Waals surface area contributed by atoms with Gasteiger partial charge in [0.05, 0.1) is 11.4 Å². The third-order valence-corrected chi connectivity index (χ3v) is 5.05. The summed E-state index contributed by atoms with van der Waals surface area (Å²) in [5.41, 5.74) is 3.47. The Morgan fingerprint density at radius 1 is 0.885 bits per heavy atom. The molecule has 2 atom stereocenters. The van der Waals surface area contributed by atoms with Gasteiger partial charge in [-0.2, -0.15) is 0 Å². The third kappa shape index (κ3) is 2.24. The molecule has 5 heteroatoms. The highest BCUT2D eigenvalue weighted by atomic mass is 15.5. The van der Waals surface area contributed by atoms with E-state index in [4.69, 9.17) is 0 Å². The van der Waals surface area contributed by atoms with Crippen LogP contribution in [0.15, 0.2) is 79.0 Å². The van der Waals surface area contributed by atoms with E-state index in [1.165, 1.54) is 5.69 Å². The van der Waals surface area contributed by atoms with Gasteiger partial charge in [0.2, 0.25) is 12.0 Å². The monoisotopic (exact) mass is 342 g/mol. The fourth-order valence-electron chi connectivity index (χ4n) is 3.81. The number of hydrogen-bond acceptors (Lipinski definition) is 4. The molecular formula is C21H20N5+. The molecule has 2 N–H and O–H groups in total. The molecule has 0 saturated carbocycles. The van der Waals surface area contributed by atoms with Gasteiger partial charge in [-0.1, -0.05) is 36.4 Å². The Bertz CT molecular complexity index is 968. The van der Waals surface area contributed by atoms with Gasteiger partial charge in [0.15, 0.2) is 6.17 Å². The molecule has 0 aliphatic carbocycles. The number of likely N-dealkylation sites (N-methyl/N-ethyl adjacent to an activating group) is 1. The lowest BCUT2D eigenvalue weighted by atomic mass is 10.1. The van der Waals surface area contributed by atoms with E-state index in [-0.39, 0.29) is 12.3 Å². The van der Waals surface area contributed by atoms with Crippen LogP contribution in [-0.4, -0.2) is 34.8 Å². The Morgan fingerprint density at radius 3 is 2.46 bits per heavy atom. The van der Waals surface area contributed by atoms with Crippen molar-refractivity contribution in [2.24, 2.45) is 0 Å². The van der Waals surface area contributed by atoms with Gasteiger partial charge in [-0.3, -0.25) is 5.32 Å². The van der Waals surface area contributed by atoms with Gasteiger partial charge in [0.1, 0.15) is 6.20 Å². The van der Waals surface area contributed by atoms with Crippen LogP contribution in [0, 0.1) is 0 Å². The SMILES string of the molecule is CN1c2ccccc2N[C@@H]2[C@H]1NC(c1ccccc1)=[N+]2c1ccccn1. The second-order valence-electron chi connectivity index (χ2n) is 6.58. The smallest absolute Gasteiger partial charge is 0.264 e. The van der Waals surface area contributed by atoms with Crippen LogP contribution in [0.2, 0.25) is 0 Å². The van der Waals surface area contributed by atoms with Gasteiger partial charge in [-0.25, -0.2) is 4.58 Å². The number of anilines is 2. The lowest BCUT2D eigenvalue weighted by molar-refractivity contribution is -0.473. The van der Waals surface area contributed by atoms with Crippen molar-refractivity contribution in [2.75, 3.05) is 17.3 Å². The first kappa shape index (κ1) is 15.0. The molecule has 0 saturated heterocycles. The Hall–Kier alpha value is -3.34. The van der Waals surface area contributed by atoms with E-state index < -0.39 is 0 Å². The van der Waals surface area contributed by atoms with Crippen LogP contribution >= 0.6 is 0 Å². The van der Waals surface area contributed by atoms with E-state index in [1.807, 2.05) is 24.4 Å². The second kappa shape index (κ2) is 5.88. The Labute approximate surface area is 152 Å². The van der Waals surface area contributed by atoms with Gasteiger partial charge in [0, 0.05) is 18.7 Å². The quantitative estimate of drug-likeness (QED) is 0.703. The van der Waals surface area contributed by atoms with Crippen molar-refractivity contribution >= 4 is 23.0 Å². The van der Waals surface area contributed by atoms with Gasteiger partial charge in [-0.05, 0) is 30.3 Å². The molecule has 0 fully saturated rings. The number of hydrogen-bond donors (Lipinski definition) is 2. The maximum absolute atomic E-state index is 4.62. The average Bonchev–Trinajstić information content (AvgIpc) is 3.09. The van der Waals surface area contributed by atoms with Crippen LogP contribution in [-0.2, 0) is 0 Å². The van der Waals surface area contributed by atoms with E-state index in [1.54, 1.807) is 0 Å². The summed E-state index contributed by atoms with van der Waals surface area (Å²) < 4.78 is 2.26. The first-order chi connectivity index (χ1) is 12.8. The highest BCUT2D eigenvalue weighted by molar-refractivity contribution is 5.97. The number of benzene rings is 2. The Morgan fingerprint density at radius 2 is 1.65 bits per heavy atom. The summed E-state index contributed by atoms with van der Waals surface area (Å²) >= 11 is 0. The lowest BCUT2D eigenvalue weighted by Gasteiger charge is -2.36. The van der Waals surface area contributed by atoms with Crippen LogP contribution in [0.5, 0.6) is 0 Å².